The van der Waals surface area contributed by atoms with Gasteiger partial charge in [0.25, 0.3) is 11.8 Å². The van der Waals surface area contributed by atoms with Crippen molar-refractivity contribution in [3.63, 3.8) is 0 Å². The Morgan fingerprint density at radius 1 is 0.821 bits per heavy atom. The molecule has 0 unspecified atom stereocenters. The molecule has 0 bridgehead atoms. The van der Waals surface area contributed by atoms with E-state index in [0.717, 1.165) is 64.1 Å². The van der Waals surface area contributed by atoms with Gasteiger partial charge in [0.15, 0.2) is 6.61 Å². The molecule has 2 amide bonds. The molecule has 204 valence electrons. The number of nitrogens with zero attached hydrogens (tertiary/aromatic N) is 2. The number of benzene rings is 3. The molecule has 1 saturated carbocycles. The lowest BCUT2D eigenvalue weighted by Crippen LogP contribution is -2.46. The first-order chi connectivity index (χ1) is 19.1. The van der Waals surface area contributed by atoms with Crippen LogP contribution >= 0.6 is 0 Å². The molecule has 2 fully saturated rings. The Hall–Kier alpha value is -3.84. The van der Waals surface area contributed by atoms with Crippen molar-refractivity contribution in [3.05, 3.63) is 90.0 Å². The summed E-state index contributed by atoms with van der Waals surface area (Å²) in [4.78, 5) is 30.9. The van der Waals surface area contributed by atoms with Gasteiger partial charge in [-0.15, -0.1) is 0 Å². The Morgan fingerprint density at radius 2 is 1.51 bits per heavy atom. The Balaban J connectivity index is 1.26. The number of hydrogen-bond donors (Lipinski definition) is 2. The number of ether oxygens (including phenoxy) is 1. The third kappa shape index (κ3) is 7.60. The minimum Gasteiger partial charge on any atom is -0.484 e. The molecule has 7 nitrogen and oxygen atoms in total. The average molecular weight is 527 g/mol. The predicted molar refractivity (Wildman–Crippen MR) is 155 cm³/mol. The van der Waals surface area contributed by atoms with Crippen LogP contribution < -0.4 is 20.3 Å². The van der Waals surface area contributed by atoms with Gasteiger partial charge in [0, 0.05) is 50.1 Å². The molecular formula is C32H38N4O3. The van der Waals surface area contributed by atoms with Crippen molar-refractivity contribution < 1.29 is 14.3 Å². The van der Waals surface area contributed by atoms with Gasteiger partial charge >= 0.3 is 0 Å². The van der Waals surface area contributed by atoms with E-state index in [1.807, 2.05) is 54.6 Å². The van der Waals surface area contributed by atoms with Crippen LogP contribution in [0.4, 0.5) is 11.4 Å². The number of para-hydroxylation sites is 1. The van der Waals surface area contributed by atoms with Crippen LogP contribution in [0.15, 0.2) is 78.9 Å². The fraction of sp³-hybridized carbons (Fsp3) is 0.375. The highest BCUT2D eigenvalue weighted by atomic mass is 16.5. The number of carbonyl (C=O) groups excluding carboxylic acids is 2. The normalized spacial score (nSPS) is 16.5. The van der Waals surface area contributed by atoms with E-state index in [0.29, 0.717) is 17.0 Å². The van der Waals surface area contributed by atoms with Crippen LogP contribution in [0.25, 0.3) is 0 Å². The average Bonchev–Trinajstić information content (AvgIpc) is 2.98. The summed E-state index contributed by atoms with van der Waals surface area (Å²) in [5, 5.41) is 6.17. The lowest BCUT2D eigenvalue weighted by atomic mass is 9.95. The Labute approximate surface area is 231 Å². The first-order valence-corrected chi connectivity index (χ1v) is 14.1. The van der Waals surface area contributed by atoms with E-state index in [1.54, 1.807) is 0 Å². The fourth-order valence-corrected chi connectivity index (χ4v) is 5.43. The number of anilines is 2. The minimum atomic E-state index is -0.264. The summed E-state index contributed by atoms with van der Waals surface area (Å²) in [6, 6.07) is 25.7. The van der Waals surface area contributed by atoms with Gasteiger partial charge in [0.05, 0.1) is 5.56 Å². The highest BCUT2D eigenvalue weighted by Gasteiger charge is 2.24. The molecule has 5 rings (SSSR count). The maximum absolute atomic E-state index is 13.5. The van der Waals surface area contributed by atoms with Gasteiger partial charge in [0.2, 0.25) is 0 Å². The largest absolute Gasteiger partial charge is 0.484 e. The molecule has 0 spiro atoms. The molecule has 2 aliphatic rings. The van der Waals surface area contributed by atoms with Crippen LogP contribution in [0.5, 0.6) is 5.75 Å². The number of carbonyl (C=O) groups is 2. The number of amides is 2. The summed E-state index contributed by atoms with van der Waals surface area (Å²) in [6.45, 7) is 4.36. The van der Waals surface area contributed by atoms with Crippen molar-refractivity contribution in [2.75, 3.05) is 43.0 Å². The van der Waals surface area contributed by atoms with E-state index in [9.17, 15) is 9.59 Å². The smallest absolute Gasteiger partial charge is 0.262 e. The molecule has 1 heterocycles. The van der Waals surface area contributed by atoms with Crippen molar-refractivity contribution >= 4 is 23.2 Å². The molecule has 0 atom stereocenters. The molecule has 0 radical (unpaired) electrons. The second-order valence-corrected chi connectivity index (χ2v) is 10.4. The number of nitrogens with one attached hydrogen (secondary N) is 2. The number of rotatable bonds is 9. The zero-order chi connectivity index (χ0) is 26.9. The van der Waals surface area contributed by atoms with Crippen LogP contribution in [0.2, 0.25) is 0 Å². The standard InChI is InChI=1S/C32H38N4O3/c37-31(24-39-28-14-8-3-9-15-28)33-27-16-17-30(29(22-27)32(38)34-26-12-6-2-7-13-26)36-20-18-35(19-21-36)23-25-10-4-1-5-11-25/h1,3-5,8-11,14-17,22,26H,2,6-7,12-13,18-21,23-24H2,(H,33,37)(H,34,38). The molecule has 1 aliphatic carbocycles. The van der Waals surface area contributed by atoms with E-state index >= 15 is 0 Å². The third-order valence-corrected chi connectivity index (χ3v) is 7.54. The Morgan fingerprint density at radius 3 is 2.23 bits per heavy atom. The van der Waals surface area contributed by atoms with E-state index in [1.165, 1.54) is 12.0 Å². The first-order valence-electron chi connectivity index (χ1n) is 14.1. The van der Waals surface area contributed by atoms with Crippen molar-refractivity contribution in [3.8, 4) is 5.75 Å². The zero-order valence-electron chi connectivity index (χ0n) is 22.5. The van der Waals surface area contributed by atoms with E-state index < -0.39 is 0 Å². The maximum Gasteiger partial charge on any atom is 0.262 e. The summed E-state index contributed by atoms with van der Waals surface area (Å²) in [6.07, 6.45) is 5.58. The molecule has 3 aromatic carbocycles. The molecule has 39 heavy (non-hydrogen) atoms. The Kier molecular flexibility index (Phi) is 9.12. The van der Waals surface area contributed by atoms with Gasteiger partial charge in [0.1, 0.15) is 5.75 Å². The quantitative estimate of drug-likeness (QED) is 0.406. The molecule has 1 aliphatic heterocycles. The number of piperazine rings is 1. The zero-order valence-corrected chi connectivity index (χ0v) is 22.5. The Bertz CT molecular complexity index is 1220. The minimum absolute atomic E-state index is 0.0692. The van der Waals surface area contributed by atoms with Gasteiger partial charge in [-0.05, 0) is 48.7 Å². The molecule has 7 heteroatoms. The molecule has 1 saturated heterocycles. The van der Waals surface area contributed by atoms with Gasteiger partial charge in [-0.2, -0.15) is 0 Å². The highest BCUT2D eigenvalue weighted by molar-refractivity contribution is 6.02. The summed E-state index contributed by atoms with van der Waals surface area (Å²) < 4.78 is 5.59. The van der Waals surface area contributed by atoms with E-state index in [-0.39, 0.29) is 24.5 Å². The third-order valence-electron chi connectivity index (χ3n) is 7.54. The van der Waals surface area contributed by atoms with Gasteiger partial charge < -0.3 is 20.3 Å². The molecule has 2 N–H and O–H groups in total. The van der Waals surface area contributed by atoms with Crippen LogP contribution in [0, 0.1) is 0 Å². The first kappa shape index (κ1) is 26.8. The van der Waals surface area contributed by atoms with Gasteiger partial charge in [-0.1, -0.05) is 67.8 Å². The summed E-state index contributed by atoms with van der Waals surface area (Å²) in [5.74, 6) is 0.307. The monoisotopic (exact) mass is 526 g/mol. The van der Waals surface area contributed by atoms with Crippen molar-refractivity contribution in [1.82, 2.24) is 10.2 Å². The van der Waals surface area contributed by atoms with Gasteiger partial charge in [-0.3, -0.25) is 14.5 Å². The van der Waals surface area contributed by atoms with Crippen molar-refractivity contribution in [2.24, 2.45) is 0 Å². The predicted octanol–water partition coefficient (Wildman–Crippen LogP) is 5.09. The second-order valence-electron chi connectivity index (χ2n) is 10.4. The maximum atomic E-state index is 13.5. The van der Waals surface area contributed by atoms with Crippen LogP contribution in [0.3, 0.4) is 0 Å². The van der Waals surface area contributed by atoms with Gasteiger partial charge in [-0.25, -0.2) is 0 Å². The number of hydrogen-bond acceptors (Lipinski definition) is 5. The topological polar surface area (TPSA) is 73.9 Å². The molecule has 3 aromatic rings. The lowest BCUT2D eigenvalue weighted by molar-refractivity contribution is -0.118. The highest BCUT2D eigenvalue weighted by Crippen LogP contribution is 2.27. The summed E-state index contributed by atoms with van der Waals surface area (Å²) >= 11 is 0. The van der Waals surface area contributed by atoms with Crippen LogP contribution in [-0.4, -0.2) is 55.5 Å². The van der Waals surface area contributed by atoms with Crippen LogP contribution in [0.1, 0.15) is 48.0 Å². The van der Waals surface area contributed by atoms with E-state index in [2.05, 4.69) is 44.7 Å². The fourth-order valence-electron chi connectivity index (χ4n) is 5.43. The molecule has 0 aromatic heterocycles. The molecular weight excluding hydrogens is 488 g/mol. The van der Waals surface area contributed by atoms with E-state index in [4.69, 9.17) is 4.74 Å². The SMILES string of the molecule is O=C(COc1ccccc1)Nc1ccc(N2CCN(Cc3ccccc3)CC2)c(C(=O)NC2CCCCC2)c1. The second kappa shape index (κ2) is 13.3. The van der Waals surface area contributed by atoms with Crippen LogP contribution in [-0.2, 0) is 11.3 Å². The summed E-state index contributed by atoms with van der Waals surface area (Å²) in [5.41, 5.74) is 3.44. The van der Waals surface area contributed by atoms with Crippen molar-refractivity contribution in [1.29, 1.82) is 0 Å². The lowest BCUT2D eigenvalue weighted by Gasteiger charge is -2.37. The summed E-state index contributed by atoms with van der Waals surface area (Å²) in [7, 11) is 0. The van der Waals surface area contributed by atoms with Crippen molar-refractivity contribution in [2.45, 2.75) is 44.7 Å².